The molecule has 0 spiro atoms. The summed E-state index contributed by atoms with van der Waals surface area (Å²) in [6.07, 6.45) is 4.61. The largest absolute Gasteiger partial charge is 0.348 e. The van der Waals surface area contributed by atoms with Crippen molar-refractivity contribution in [3.63, 3.8) is 0 Å². The quantitative estimate of drug-likeness (QED) is 0.764. The lowest BCUT2D eigenvalue weighted by atomic mass is 10.1. The monoisotopic (exact) mass is 439 g/mol. The first-order chi connectivity index (χ1) is 15.0. The molecule has 2 saturated heterocycles. The predicted molar refractivity (Wildman–Crippen MR) is 120 cm³/mol. The van der Waals surface area contributed by atoms with E-state index in [-0.39, 0.29) is 17.7 Å². The fourth-order valence-corrected chi connectivity index (χ4v) is 4.31. The molecule has 31 heavy (non-hydrogen) atoms. The molecule has 2 fully saturated rings. The third-order valence-electron chi connectivity index (χ3n) is 5.87. The van der Waals surface area contributed by atoms with Crippen molar-refractivity contribution in [1.29, 1.82) is 0 Å². The average molecular weight is 440 g/mol. The third kappa shape index (κ3) is 4.90. The Balaban J connectivity index is 1.37. The zero-order valence-electron chi connectivity index (χ0n) is 17.4. The van der Waals surface area contributed by atoms with E-state index in [4.69, 9.17) is 11.6 Å². The second-order valence-corrected chi connectivity index (χ2v) is 8.45. The van der Waals surface area contributed by atoms with Crippen LogP contribution in [0.15, 0.2) is 42.5 Å². The molecule has 2 aromatic carbocycles. The van der Waals surface area contributed by atoms with Gasteiger partial charge in [0.2, 0.25) is 5.91 Å². The van der Waals surface area contributed by atoms with Crippen LogP contribution < -0.4 is 10.2 Å². The first-order valence-electron chi connectivity index (χ1n) is 10.8. The zero-order valence-corrected chi connectivity index (χ0v) is 18.2. The highest BCUT2D eigenvalue weighted by atomic mass is 35.5. The lowest BCUT2D eigenvalue weighted by Crippen LogP contribution is -2.35. The van der Waals surface area contributed by atoms with Crippen molar-refractivity contribution in [2.75, 3.05) is 24.5 Å². The molecule has 2 aromatic rings. The highest BCUT2D eigenvalue weighted by Crippen LogP contribution is 2.30. The highest BCUT2D eigenvalue weighted by Gasteiger charge is 2.24. The van der Waals surface area contributed by atoms with Crippen LogP contribution in [0.1, 0.15) is 58.4 Å². The summed E-state index contributed by atoms with van der Waals surface area (Å²) >= 11 is 6.26. The third-order valence-corrected chi connectivity index (χ3v) is 6.19. The fourth-order valence-electron chi connectivity index (χ4n) is 4.09. The van der Waals surface area contributed by atoms with Gasteiger partial charge in [0.05, 0.1) is 10.7 Å². The number of piperidine rings is 1. The molecule has 1 N–H and O–H groups in total. The predicted octanol–water partition coefficient (Wildman–Crippen LogP) is 4.02. The van der Waals surface area contributed by atoms with Gasteiger partial charge < -0.3 is 15.1 Å². The van der Waals surface area contributed by atoms with Gasteiger partial charge in [0.15, 0.2) is 0 Å². The molecule has 2 heterocycles. The normalized spacial score (nSPS) is 16.5. The van der Waals surface area contributed by atoms with Gasteiger partial charge >= 0.3 is 0 Å². The number of carbonyl (C=O) groups is 3. The summed E-state index contributed by atoms with van der Waals surface area (Å²) < 4.78 is 0. The van der Waals surface area contributed by atoms with Gasteiger partial charge in [-0.2, -0.15) is 0 Å². The van der Waals surface area contributed by atoms with Gasteiger partial charge in [-0.15, -0.1) is 0 Å². The van der Waals surface area contributed by atoms with Gasteiger partial charge in [-0.3, -0.25) is 14.4 Å². The minimum atomic E-state index is -0.238. The molecule has 0 atom stereocenters. The Bertz CT molecular complexity index is 984. The Morgan fingerprint density at radius 3 is 2.29 bits per heavy atom. The lowest BCUT2D eigenvalue weighted by molar-refractivity contribution is -0.117. The van der Waals surface area contributed by atoms with Crippen LogP contribution in [0.25, 0.3) is 0 Å². The standard InChI is InChI=1S/C24H26ClN3O3/c25-20-11-10-19(15-21(20)28-14-4-5-22(28)29)23(30)26-16-17-6-8-18(9-7-17)24(31)27-12-2-1-3-13-27/h6-11,15H,1-5,12-14,16H2,(H,26,30). The molecular formula is C24H26ClN3O3. The minimum Gasteiger partial charge on any atom is -0.348 e. The summed E-state index contributed by atoms with van der Waals surface area (Å²) in [7, 11) is 0. The number of benzene rings is 2. The van der Waals surface area contributed by atoms with Crippen molar-refractivity contribution in [2.24, 2.45) is 0 Å². The smallest absolute Gasteiger partial charge is 0.253 e. The maximum atomic E-state index is 12.6. The molecule has 4 rings (SSSR count). The number of anilines is 1. The topological polar surface area (TPSA) is 69.7 Å². The van der Waals surface area contributed by atoms with Crippen LogP contribution in [0.2, 0.25) is 5.02 Å². The zero-order chi connectivity index (χ0) is 21.8. The van der Waals surface area contributed by atoms with Gasteiger partial charge in [-0.1, -0.05) is 23.7 Å². The maximum absolute atomic E-state index is 12.6. The Hall–Kier alpha value is -2.86. The molecule has 0 aliphatic carbocycles. The van der Waals surface area contributed by atoms with Crippen molar-refractivity contribution in [1.82, 2.24) is 10.2 Å². The highest BCUT2D eigenvalue weighted by molar-refractivity contribution is 6.34. The molecule has 0 bridgehead atoms. The molecule has 6 nitrogen and oxygen atoms in total. The van der Waals surface area contributed by atoms with E-state index in [2.05, 4.69) is 5.32 Å². The van der Waals surface area contributed by atoms with E-state index in [9.17, 15) is 14.4 Å². The molecule has 0 unspecified atom stereocenters. The van der Waals surface area contributed by atoms with Crippen molar-refractivity contribution in [3.05, 3.63) is 64.2 Å². The van der Waals surface area contributed by atoms with E-state index < -0.39 is 0 Å². The van der Waals surface area contributed by atoms with E-state index >= 15 is 0 Å². The number of carbonyl (C=O) groups excluding carboxylic acids is 3. The van der Waals surface area contributed by atoms with Crippen molar-refractivity contribution >= 4 is 35.0 Å². The van der Waals surface area contributed by atoms with E-state index in [0.717, 1.165) is 37.9 Å². The number of halogens is 1. The Kier molecular flexibility index (Phi) is 6.56. The van der Waals surface area contributed by atoms with Crippen molar-refractivity contribution < 1.29 is 14.4 Å². The van der Waals surface area contributed by atoms with Crippen LogP contribution in [-0.4, -0.2) is 42.3 Å². The summed E-state index contributed by atoms with van der Waals surface area (Å²) in [5, 5.41) is 3.35. The van der Waals surface area contributed by atoms with Crippen molar-refractivity contribution in [2.45, 2.75) is 38.6 Å². The Labute approximate surface area is 187 Å². The lowest BCUT2D eigenvalue weighted by Gasteiger charge is -2.26. The SMILES string of the molecule is O=C(NCc1ccc(C(=O)N2CCCCC2)cc1)c1ccc(Cl)c(N2CCCC2=O)c1. The van der Waals surface area contributed by atoms with Crippen LogP contribution in [0, 0.1) is 0 Å². The van der Waals surface area contributed by atoms with Crippen LogP contribution in [0.4, 0.5) is 5.69 Å². The molecule has 3 amide bonds. The number of amides is 3. The molecule has 7 heteroatoms. The van der Waals surface area contributed by atoms with Gasteiger partial charge in [-0.25, -0.2) is 0 Å². The minimum absolute atomic E-state index is 0.0265. The van der Waals surface area contributed by atoms with Gasteiger partial charge in [-0.05, 0) is 61.6 Å². The molecule has 0 radical (unpaired) electrons. The molecule has 0 aromatic heterocycles. The number of nitrogens with zero attached hydrogens (tertiary/aromatic N) is 2. The summed E-state index contributed by atoms with van der Waals surface area (Å²) in [5.74, 6) is -0.142. The number of rotatable bonds is 5. The second kappa shape index (κ2) is 9.52. The first kappa shape index (κ1) is 21.4. The molecular weight excluding hydrogens is 414 g/mol. The van der Waals surface area contributed by atoms with Crippen molar-refractivity contribution in [3.8, 4) is 0 Å². The molecule has 2 aliphatic heterocycles. The maximum Gasteiger partial charge on any atom is 0.253 e. The van der Waals surface area contributed by atoms with E-state index in [1.807, 2.05) is 29.2 Å². The van der Waals surface area contributed by atoms with Crippen LogP contribution in [0.5, 0.6) is 0 Å². The average Bonchev–Trinajstić information content (AvgIpc) is 3.24. The van der Waals surface area contributed by atoms with Crippen LogP contribution in [-0.2, 0) is 11.3 Å². The summed E-state index contributed by atoms with van der Waals surface area (Å²) in [6, 6.07) is 12.3. The number of hydrogen-bond donors (Lipinski definition) is 1. The Morgan fingerprint density at radius 1 is 0.903 bits per heavy atom. The second-order valence-electron chi connectivity index (χ2n) is 8.05. The number of hydrogen-bond acceptors (Lipinski definition) is 3. The fraction of sp³-hybridized carbons (Fsp3) is 0.375. The van der Waals surface area contributed by atoms with E-state index in [1.54, 1.807) is 23.1 Å². The van der Waals surface area contributed by atoms with E-state index in [0.29, 0.717) is 41.3 Å². The van der Waals surface area contributed by atoms with Gasteiger partial charge in [0.1, 0.15) is 0 Å². The van der Waals surface area contributed by atoms with Crippen LogP contribution >= 0.6 is 11.6 Å². The molecule has 0 saturated carbocycles. The van der Waals surface area contributed by atoms with E-state index in [1.165, 1.54) is 6.42 Å². The summed E-state index contributed by atoms with van der Waals surface area (Å²) in [5.41, 5.74) is 2.62. The summed E-state index contributed by atoms with van der Waals surface area (Å²) in [4.78, 5) is 40.8. The number of likely N-dealkylation sites (tertiary alicyclic amines) is 1. The molecule has 162 valence electrons. The molecule has 2 aliphatic rings. The van der Waals surface area contributed by atoms with Gasteiger partial charge in [0.25, 0.3) is 11.8 Å². The number of nitrogens with one attached hydrogen (secondary N) is 1. The summed E-state index contributed by atoms with van der Waals surface area (Å²) in [6.45, 7) is 2.61. The first-order valence-corrected chi connectivity index (χ1v) is 11.2. The van der Waals surface area contributed by atoms with Gasteiger partial charge in [0, 0.05) is 43.7 Å². The van der Waals surface area contributed by atoms with Crippen LogP contribution in [0.3, 0.4) is 0 Å². The Morgan fingerprint density at radius 2 is 1.61 bits per heavy atom.